The zero-order chi connectivity index (χ0) is 19.6. The van der Waals surface area contributed by atoms with Crippen LogP contribution in [0.15, 0.2) is 42.5 Å². The number of rotatable bonds is 10. The number of esters is 1. The third-order valence-electron chi connectivity index (χ3n) is 4.33. The summed E-state index contributed by atoms with van der Waals surface area (Å²) < 4.78 is 21.5. The quantitative estimate of drug-likeness (QED) is 0.599. The molecule has 7 heteroatoms. The van der Waals surface area contributed by atoms with Crippen LogP contribution in [-0.4, -0.2) is 47.5 Å². The molecule has 0 aliphatic heterocycles. The number of ether oxygens (including phenoxy) is 4. The summed E-state index contributed by atoms with van der Waals surface area (Å²) in [6.07, 6.45) is 0.864. The molecule has 0 aliphatic carbocycles. The van der Waals surface area contributed by atoms with E-state index in [2.05, 4.69) is 5.32 Å². The van der Waals surface area contributed by atoms with Gasteiger partial charge in [-0.05, 0) is 37.7 Å². The molecular weight excluding hydrogens is 360 g/mol. The SMILES string of the molecule is CNCCC(COC(=O)c1cc(OC)c(OC)c(OC)c1)c1ccccc1.N. The van der Waals surface area contributed by atoms with Crippen molar-refractivity contribution in [3.63, 3.8) is 0 Å². The van der Waals surface area contributed by atoms with Crippen LogP contribution in [0.4, 0.5) is 0 Å². The van der Waals surface area contributed by atoms with Crippen LogP contribution in [0.1, 0.15) is 28.3 Å². The number of nitrogens with one attached hydrogen (secondary N) is 1. The molecule has 0 radical (unpaired) electrons. The molecule has 2 aromatic rings. The molecule has 2 rings (SSSR count). The molecule has 0 fully saturated rings. The predicted octanol–water partition coefficient (Wildman–Crippen LogP) is 3.42. The van der Waals surface area contributed by atoms with E-state index < -0.39 is 5.97 Å². The van der Waals surface area contributed by atoms with E-state index in [4.69, 9.17) is 18.9 Å². The molecule has 0 bridgehead atoms. The largest absolute Gasteiger partial charge is 0.493 e. The van der Waals surface area contributed by atoms with Gasteiger partial charge in [0, 0.05) is 5.92 Å². The van der Waals surface area contributed by atoms with Gasteiger partial charge >= 0.3 is 5.97 Å². The van der Waals surface area contributed by atoms with Gasteiger partial charge in [0.05, 0.1) is 33.5 Å². The Kier molecular flexibility index (Phi) is 9.84. The van der Waals surface area contributed by atoms with E-state index in [-0.39, 0.29) is 12.1 Å². The molecule has 154 valence electrons. The summed E-state index contributed by atoms with van der Waals surface area (Å²) in [6, 6.07) is 13.2. The molecule has 28 heavy (non-hydrogen) atoms. The second-order valence-electron chi connectivity index (χ2n) is 6.01. The van der Waals surface area contributed by atoms with E-state index in [1.807, 2.05) is 37.4 Å². The lowest BCUT2D eigenvalue weighted by Gasteiger charge is -2.18. The predicted molar refractivity (Wildman–Crippen MR) is 109 cm³/mol. The first-order chi connectivity index (χ1) is 13.1. The van der Waals surface area contributed by atoms with Gasteiger partial charge in [-0.2, -0.15) is 0 Å². The van der Waals surface area contributed by atoms with Gasteiger partial charge in [0.25, 0.3) is 0 Å². The lowest BCUT2D eigenvalue weighted by molar-refractivity contribution is 0.0474. The Hall–Kier alpha value is -2.77. The van der Waals surface area contributed by atoms with Crippen molar-refractivity contribution < 1.29 is 23.7 Å². The van der Waals surface area contributed by atoms with Crippen LogP contribution in [0, 0.1) is 0 Å². The first kappa shape index (κ1) is 23.3. The average Bonchev–Trinajstić information content (AvgIpc) is 2.72. The Morgan fingerprint density at radius 3 is 2.11 bits per heavy atom. The first-order valence-corrected chi connectivity index (χ1v) is 8.81. The normalized spacial score (nSPS) is 11.1. The fourth-order valence-corrected chi connectivity index (χ4v) is 2.85. The molecule has 0 aromatic heterocycles. The van der Waals surface area contributed by atoms with Crippen LogP contribution in [0.25, 0.3) is 0 Å². The van der Waals surface area contributed by atoms with Crippen LogP contribution in [0.2, 0.25) is 0 Å². The second-order valence-corrected chi connectivity index (χ2v) is 6.01. The van der Waals surface area contributed by atoms with Gasteiger partial charge in [-0.15, -0.1) is 0 Å². The third-order valence-corrected chi connectivity index (χ3v) is 4.33. The van der Waals surface area contributed by atoms with Gasteiger partial charge in [0.15, 0.2) is 11.5 Å². The van der Waals surface area contributed by atoms with E-state index in [0.717, 1.165) is 18.5 Å². The Bertz CT molecular complexity index is 712. The van der Waals surface area contributed by atoms with Gasteiger partial charge in [-0.3, -0.25) is 0 Å². The minimum atomic E-state index is -0.431. The molecule has 0 spiro atoms. The van der Waals surface area contributed by atoms with E-state index in [0.29, 0.717) is 29.4 Å². The Balaban J connectivity index is 0.00000392. The van der Waals surface area contributed by atoms with Crippen molar-refractivity contribution in [2.75, 3.05) is 41.5 Å². The number of hydrogen-bond acceptors (Lipinski definition) is 7. The van der Waals surface area contributed by atoms with Crippen LogP contribution < -0.4 is 25.7 Å². The highest BCUT2D eigenvalue weighted by atomic mass is 16.5. The van der Waals surface area contributed by atoms with Gasteiger partial charge in [-0.1, -0.05) is 30.3 Å². The van der Waals surface area contributed by atoms with Gasteiger partial charge in [0.1, 0.15) is 0 Å². The Morgan fingerprint density at radius 1 is 1.00 bits per heavy atom. The third kappa shape index (κ3) is 5.87. The molecule has 2 aromatic carbocycles. The molecule has 0 aliphatic rings. The minimum absolute atomic E-state index is 0. The maximum Gasteiger partial charge on any atom is 0.338 e. The number of carbonyl (C=O) groups is 1. The van der Waals surface area contributed by atoms with Crippen LogP contribution in [-0.2, 0) is 4.74 Å². The molecule has 0 amide bonds. The highest BCUT2D eigenvalue weighted by Crippen LogP contribution is 2.38. The second kappa shape index (κ2) is 11.8. The van der Waals surface area contributed by atoms with E-state index in [1.54, 1.807) is 12.1 Å². The van der Waals surface area contributed by atoms with Crippen LogP contribution >= 0.6 is 0 Å². The fourth-order valence-electron chi connectivity index (χ4n) is 2.85. The zero-order valence-corrected chi connectivity index (χ0v) is 17.0. The number of benzene rings is 2. The monoisotopic (exact) mass is 390 g/mol. The Labute approximate surface area is 166 Å². The van der Waals surface area contributed by atoms with E-state index in [9.17, 15) is 4.79 Å². The highest BCUT2D eigenvalue weighted by molar-refractivity contribution is 5.91. The van der Waals surface area contributed by atoms with Crippen LogP contribution in [0.3, 0.4) is 0 Å². The minimum Gasteiger partial charge on any atom is -0.493 e. The molecule has 1 atom stereocenters. The van der Waals surface area contributed by atoms with Crippen molar-refractivity contribution >= 4 is 5.97 Å². The standard InChI is InChI=1S/C21H27NO5.H3N/c1-22-11-10-16(15-8-6-5-7-9-15)14-27-21(23)17-12-18(24-2)20(26-4)19(13-17)25-3;/h5-9,12-13,16,22H,10-11,14H2,1-4H3;1H3. The van der Waals surface area contributed by atoms with Crippen LogP contribution in [0.5, 0.6) is 17.2 Å². The average molecular weight is 390 g/mol. The highest BCUT2D eigenvalue weighted by Gasteiger charge is 2.19. The van der Waals surface area contributed by atoms with Crippen molar-refractivity contribution in [2.24, 2.45) is 0 Å². The summed E-state index contributed by atoms with van der Waals surface area (Å²) in [5.41, 5.74) is 1.50. The topological polar surface area (TPSA) is 101 Å². The van der Waals surface area contributed by atoms with Crippen molar-refractivity contribution in [1.29, 1.82) is 0 Å². The molecular formula is C21H30N2O5. The summed E-state index contributed by atoms with van der Waals surface area (Å²) >= 11 is 0. The lowest BCUT2D eigenvalue weighted by Crippen LogP contribution is -2.18. The summed E-state index contributed by atoms with van der Waals surface area (Å²) in [6.45, 7) is 1.13. The summed E-state index contributed by atoms with van der Waals surface area (Å²) in [4.78, 5) is 12.6. The van der Waals surface area contributed by atoms with Crippen molar-refractivity contribution in [3.8, 4) is 17.2 Å². The van der Waals surface area contributed by atoms with Crippen molar-refractivity contribution in [3.05, 3.63) is 53.6 Å². The summed E-state index contributed by atoms with van der Waals surface area (Å²) in [7, 11) is 6.44. The molecule has 1 unspecified atom stereocenters. The van der Waals surface area contributed by atoms with Gasteiger partial charge in [-0.25, -0.2) is 4.79 Å². The first-order valence-electron chi connectivity index (χ1n) is 8.81. The smallest absolute Gasteiger partial charge is 0.338 e. The summed E-state index contributed by atoms with van der Waals surface area (Å²) in [5.74, 6) is 0.953. The number of methoxy groups -OCH3 is 3. The van der Waals surface area contributed by atoms with Crippen molar-refractivity contribution in [1.82, 2.24) is 11.5 Å². The summed E-state index contributed by atoms with van der Waals surface area (Å²) in [5, 5.41) is 3.14. The molecule has 7 nitrogen and oxygen atoms in total. The van der Waals surface area contributed by atoms with Gasteiger partial charge in [0.2, 0.25) is 5.75 Å². The zero-order valence-electron chi connectivity index (χ0n) is 17.0. The van der Waals surface area contributed by atoms with Gasteiger partial charge < -0.3 is 30.4 Å². The molecule has 0 saturated carbocycles. The molecule has 0 heterocycles. The molecule has 0 saturated heterocycles. The van der Waals surface area contributed by atoms with Crippen molar-refractivity contribution in [2.45, 2.75) is 12.3 Å². The number of carbonyl (C=O) groups excluding carboxylic acids is 1. The maximum atomic E-state index is 12.6. The van der Waals surface area contributed by atoms with E-state index >= 15 is 0 Å². The fraction of sp³-hybridized carbons (Fsp3) is 0.381. The number of hydrogen-bond donors (Lipinski definition) is 2. The van der Waals surface area contributed by atoms with E-state index in [1.165, 1.54) is 21.3 Å². The maximum absolute atomic E-state index is 12.6. The molecule has 4 N–H and O–H groups in total. The lowest BCUT2D eigenvalue weighted by atomic mass is 9.96. The Morgan fingerprint density at radius 2 is 1.61 bits per heavy atom.